The second-order valence-corrected chi connectivity index (χ2v) is 9.68. The number of carbonyl (C=O) groups is 1. The lowest BCUT2D eigenvalue weighted by molar-refractivity contribution is -0.137. The van der Waals surface area contributed by atoms with Crippen molar-refractivity contribution in [2.45, 2.75) is 24.0 Å². The van der Waals surface area contributed by atoms with E-state index in [2.05, 4.69) is 5.32 Å². The highest BCUT2D eigenvalue weighted by Gasteiger charge is 2.35. The molecule has 1 aliphatic rings. The zero-order chi connectivity index (χ0) is 24.5. The number of hydrogen-bond acceptors (Lipinski definition) is 4. The number of ether oxygens (including phenoxy) is 1. The van der Waals surface area contributed by atoms with Crippen LogP contribution in [-0.4, -0.2) is 32.3 Å². The fourth-order valence-electron chi connectivity index (χ4n) is 3.84. The number of amides is 1. The Morgan fingerprint density at radius 3 is 2.38 bits per heavy atom. The second kappa shape index (κ2) is 9.11. The summed E-state index contributed by atoms with van der Waals surface area (Å²) in [5.74, 6) is -0.359. The van der Waals surface area contributed by atoms with E-state index in [0.717, 1.165) is 17.7 Å². The van der Waals surface area contributed by atoms with E-state index in [4.69, 9.17) is 4.74 Å². The number of nitrogens with one attached hydrogen (secondary N) is 1. The van der Waals surface area contributed by atoms with Crippen LogP contribution in [0, 0.1) is 0 Å². The monoisotopic (exact) mass is 490 g/mol. The van der Waals surface area contributed by atoms with Crippen LogP contribution in [0.2, 0.25) is 0 Å². The van der Waals surface area contributed by atoms with E-state index in [1.54, 1.807) is 30.3 Å². The van der Waals surface area contributed by atoms with E-state index in [9.17, 15) is 26.4 Å². The molecule has 0 saturated carbocycles. The van der Waals surface area contributed by atoms with E-state index < -0.39 is 33.2 Å². The van der Waals surface area contributed by atoms with Crippen molar-refractivity contribution in [2.24, 2.45) is 0 Å². The van der Waals surface area contributed by atoms with Crippen LogP contribution in [-0.2, 0) is 29.2 Å². The van der Waals surface area contributed by atoms with Crippen LogP contribution in [0.25, 0.3) is 0 Å². The molecule has 3 aromatic rings. The normalized spacial score (nSPS) is 14.4. The molecule has 0 aromatic heterocycles. The summed E-state index contributed by atoms with van der Waals surface area (Å²) in [6.07, 6.45) is -4.20. The van der Waals surface area contributed by atoms with Crippen LogP contribution in [0.15, 0.2) is 71.6 Å². The van der Waals surface area contributed by atoms with E-state index in [-0.39, 0.29) is 23.7 Å². The Morgan fingerprint density at radius 2 is 1.71 bits per heavy atom. The van der Waals surface area contributed by atoms with E-state index in [0.29, 0.717) is 17.7 Å². The first-order chi connectivity index (χ1) is 16.1. The number of hydrogen-bond donors (Lipinski definition) is 1. The standard InChI is InChI=1S/C24H21F3N2O4S/c1-33-19-8-10-20(11-9-19)34(31,32)29-13-12-16-6-7-18(14-17(16)15-29)28-23(30)21-4-2-3-5-22(21)24(25,26)27/h2-11,14H,12-13,15H2,1H3,(H,28,30). The Morgan fingerprint density at radius 1 is 1.00 bits per heavy atom. The number of rotatable bonds is 5. The van der Waals surface area contributed by atoms with Crippen LogP contribution in [0.3, 0.4) is 0 Å². The smallest absolute Gasteiger partial charge is 0.417 e. The quantitative estimate of drug-likeness (QED) is 0.562. The average molecular weight is 491 g/mol. The van der Waals surface area contributed by atoms with Crippen molar-refractivity contribution < 1.29 is 31.1 Å². The number of methoxy groups -OCH3 is 1. The maximum atomic E-state index is 13.3. The average Bonchev–Trinajstić information content (AvgIpc) is 2.83. The SMILES string of the molecule is COc1ccc(S(=O)(=O)N2CCc3ccc(NC(=O)c4ccccc4C(F)(F)F)cc3C2)cc1. The molecular weight excluding hydrogens is 469 g/mol. The first-order valence-electron chi connectivity index (χ1n) is 10.3. The molecule has 1 amide bonds. The van der Waals surface area contributed by atoms with Crippen molar-refractivity contribution in [1.82, 2.24) is 4.31 Å². The van der Waals surface area contributed by atoms with Crippen molar-refractivity contribution >= 4 is 21.6 Å². The van der Waals surface area contributed by atoms with E-state index in [1.807, 2.05) is 0 Å². The zero-order valence-electron chi connectivity index (χ0n) is 18.1. The van der Waals surface area contributed by atoms with Gasteiger partial charge in [0.05, 0.1) is 23.1 Å². The minimum absolute atomic E-state index is 0.0759. The summed E-state index contributed by atoms with van der Waals surface area (Å²) in [6, 6.07) is 15.6. The zero-order valence-corrected chi connectivity index (χ0v) is 18.9. The van der Waals surface area contributed by atoms with Crippen LogP contribution in [0.1, 0.15) is 27.0 Å². The highest BCUT2D eigenvalue weighted by atomic mass is 32.2. The van der Waals surface area contributed by atoms with Crippen molar-refractivity contribution in [3.8, 4) is 5.75 Å². The number of alkyl halides is 3. The first-order valence-corrected chi connectivity index (χ1v) is 11.8. The van der Waals surface area contributed by atoms with Crippen molar-refractivity contribution in [2.75, 3.05) is 19.0 Å². The molecular formula is C24H21F3N2O4S. The number of nitrogens with zero attached hydrogens (tertiary/aromatic N) is 1. The van der Waals surface area contributed by atoms with Gasteiger partial charge in [-0.05, 0) is 66.1 Å². The number of carbonyl (C=O) groups excluding carboxylic acids is 1. The molecule has 0 spiro atoms. The lowest BCUT2D eigenvalue weighted by Gasteiger charge is -2.28. The first kappa shape index (κ1) is 23.8. The van der Waals surface area contributed by atoms with Crippen LogP contribution in [0.5, 0.6) is 5.75 Å². The molecule has 0 radical (unpaired) electrons. The fraction of sp³-hybridized carbons (Fsp3) is 0.208. The van der Waals surface area contributed by atoms with Gasteiger partial charge >= 0.3 is 6.18 Å². The van der Waals surface area contributed by atoms with Gasteiger partial charge in [0, 0.05) is 18.8 Å². The summed E-state index contributed by atoms with van der Waals surface area (Å²) in [5.41, 5.74) is 0.350. The molecule has 1 aliphatic heterocycles. The third-order valence-corrected chi connectivity index (χ3v) is 7.48. The van der Waals surface area contributed by atoms with Gasteiger partial charge in [-0.1, -0.05) is 18.2 Å². The second-order valence-electron chi connectivity index (χ2n) is 7.75. The minimum Gasteiger partial charge on any atom is -0.497 e. The summed E-state index contributed by atoms with van der Waals surface area (Å²) < 4.78 is 72.4. The third kappa shape index (κ3) is 4.78. The van der Waals surface area contributed by atoms with Crippen LogP contribution >= 0.6 is 0 Å². The summed E-state index contributed by atoms with van der Waals surface area (Å²) in [5, 5.41) is 2.50. The topological polar surface area (TPSA) is 75.7 Å². The van der Waals surface area contributed by atoms with Crippen LogP contribution < -0.4 is 10.1 Å². The van der Waals surface area contributed by atoms with Gasteiger partial charge in [-0.15, -0.1) is 0 Å². The van der Waals surface area contributed by atoms with Crippen LogP contribution in [0.4, 0.5) is 18.9 Å². The molecule has 10 heteroatoms. The number of anilines is 1. The molecule has 0 unspecified atom stereocenters. The molecule has 0 aliphatic carbocycles. The van der Waals surface area contributed by atoms with Gasteiger partial charge in [-0.3, -0.25) is 4.79 Å². The summed E-state index contributed by atoms with van der Waals surface area (Å²) in [4.78, 5) is 12.7. The molecule has 0 fully saturated rings. The molecule has 4 rings (SSSR count). The predicted molar refractivity (Wildman–Crippen MR) is 120 cm³/mol. The number of fused-ring (bicyclic) bond motifs is 1. The van der Waals surface area contributed by atoms with E-state index in [1.165, 1.54) is 35.7 Å². The maximum absolute atomic E-state index is 13.3. The Labute approximate surface area is 195 Å². The summed E-state index contributed by atoms with van der Waals surface area (Å²) in [6.45, 7) is 0.360. The Balaban J connectivity index is 1.55. The highest BCUT2D eigenvalue weighted by molar-refractivity contribution is 7.89. The lowest BCUT2D eigenvalue weighted by Crippen LogP contribution is -2.36. The van der Waals surface area contributed by atoms with Crippen molar-refractivity contribution in [1.29, 1.82) is 0 Å². The fourth-order valence-corrected chi connectivity index (χ4v) is 5.26. The molecule has 34 heavy (non-hydrogen) atoms. The summed E-state index contributed by atoms with van der Waals surface area (Å²) in [7, 11) is -2.28. The van der Waals surface area contributed by atoms with Gasteiger partial charge in [0.25, 0.3) is 5.91 Å². The highest BCUT2D eigenvalue weighted by Crippen LogP contribution is 2.33. The summed E-state index contributed by atoms with van der Waals surface area (Å²) >= 11 is 0. The molecule has 3 aromatic carbocycles. The molecule has 1 heterocycles. The van der Waals surface area contributed by atoms with Crippen molar-refractivity contribution in [3.05, 3.63) is 89.0 Å². The Bertz CT molecular complexity index is 1320. The minimum atomic E-state index is -4.67. The number of benzene rings is 3. The molecule has 1 N–H and O–H groups in total. The van der Waals surface area contributed by atoms with Gasteiger partial charge in [0.15, 0.2) is 0 Å². The predicted octanol–water partition coefficient (Wildman–Crippen LogP) is 4.71. The van der Waals surface area contributed by atoms with Crippen molar-refractivity contribution in [3.63, 3.8) is 0 Å². The van der Waals surface area contributed by atoms with Gasteiger partial charge in [0.2, 0.25) is 10.0 Å². The molecule has 178 valence electrons. The molecule has 6 nitrogen and oxygen atoms in total. The lowest BCUT2D eigenvalue weighted by atomic mass is 10.00. The number of halogens is 3. The maximum Gasteiger partial charge on any atom is 0.417 e. The molecule has 0 atom stereocenters. The molecule has 0 bridgehead atoms. The number of sulfonamides is 1. The van der Waals surface area contributed by atoms with Gasteiger partial charge in [0.1, 0.15) is 5.75 Å². The Hall–Kier alpha value is -3.37. The molecule has 0 saturated heterocycles. The Kier molecular flexibility index (Phi) is 6.37. The van der Waals surface area contributed by atoms with Gasteiger partial charge in [-0.25, -0.2) is 8.42 Å². The van der Waals surface area contributed by atoms with Gasteiger partial charge < -0.3 is 10.1 Å². The third-order valence-electron chi connectivity index (χ3n) is 5.62. The van der Waals surface area contributed by atoms with E-state index >= 15 is 0 Å². The largest absolute Gasteiger partial charge is 0.497 e. The van der Waals surface area contributed by atoms with Gasteiger partial charge in [-0.2, -0.15) is 17.5 Å².